The van der Waals surface area contributed by atoms with Crippen LogP contribution in [0, 0.1) is 6.92 Å². The van der Waals surface area contributed by atoms with Crippen molar-refractivity contribution in [2.75, 3.05) is 14.1 Å². The first-order valence-corrected chi connectivity index (χ1v) is 8.43. The van der Waals surface area contributed by atoms with Crippen molar-refractivity contribution in [3.05, 3.63) is 71.9 Å². The Morgan fingerprint density at radius 2 is 1.50 bits per heavy atom. The summed E-state index contributed by atoms with van der Waals surface area (Å²) in [5.41, 5.74) is 4.01. The van der Waals surface area contributed by atoms with Gasteiger partial charge < -0.3 is 15.1 Å². The van der Waals surface area contributed by atoms with E-state index >= 15 is 0 Å². The number of carboxylic acids is 2. The zero-order valence-electron chi connectivity index (χ0n) is 15.8. The zero-order chi connectivity index (χ0) is 20.7. The Hall–Kier alpha value is -3.74. The molecular formula is C21H21N3O4. The van der Waals surface area contributed by atoms with Gasteiger partial charge in [0.05, 0.1) is 11.2 Å². The Labute approximate surface area is 162 Å². The van der Waals surface area contributed by atoms with Crippen LogP contribution in [0.3, 0.4) is 0 Å². The van der Waals surface area contributed by atoms with Crippen molar-refractivity contribution in [1.29, 1.82) is 0 Å². The third kappa shape index (κ3) is 5.38. The standard InChI is InChI=1S/C19H19N3.C2H2O4/c1-14-13-18(16-11-7-8-12-17(16)20-14)21-19(22(2)3)15-9-5-4-6-10-15;3-1(4)2(5)6/h4-13H,1-3H3;(H,3,4)(H,5,6). The van der Waals surface area contributed by atoms with E-state index in [2.05, 4.69) is 23.2 Å². The summed E-state index contributed by atoms with van der Waals surface area (Å²) < 4.78 is 0. The number of amidine groups is 1. The van der Waals surface area contributed by atoms with Gasteiger partial charge in [-0.2, -0.15) is 0 Å². The molecular weight excluding hydrogens is 358 g/mol. The number of nitrogens with zero attached hydrogens (tertiary/aromatic N) is 3. The molecule has 0 aliphatic heterocycles. The van der Waals surface area contributed by atoms with E-state index in [1.807, 2.05) is 68.4 Å². The van der Waals surface area contributed by atoms with Gasteiger partial charge >= 0.3 is 11.9 Å². The van der Waals surface area contributed by atoms with Gasteiger partial charge in [0.2, 0.25) is 0 Å². The first-order valence-electron chi connectivity index (χ1n) is 8.43. The molecule has 1 heterocycles. The van der Waals surface area contributed by atoms with Crippen LogP contribution in [0.1, 0.15) is 11.3 Å². The smallest absolute Gasteiger partial charge is 0.414 e. The van der Waals surface area contributed by atoms with E-state index in [1.165, 1.54) is 0 Å². The third-order valence-corrected chi connectivity index (χ3v) is 3.69. The summed E-state index contributed by atoms with van der Waals surface area (Å²) in [6.07, 6.45) is 0. The molecule has 0 atom stereocenters. The van der Waals surface area contributed by atoms with Gasteiger partial charge in [0.1, 0.15) is 5.84 Å². The lowest BCUT2D eigenvalue weighted by Crippen LogP contribution is -2.22. The number of rotatable bonds is 2. The number of aliphatic carboxylic acids is 2. The molecule has 0 radical (unpaired) electrons. The molecule has 0 unspecified atom stereocenters. The number of aliphatic imine (C=N–C) groups is 1. The molecule has 0 aliphatic rings. The van der Waals surface area contributed by atoms with E-state index in [-0.39, 0.29) is 0 Å². The lowest BCUT2D eigenvalue weighted by atomic mass is 10.1. The number of carbonyl (C=O) groups is 2. The molecule has 0 saturated carbocycles. The number of pyridine rings is 1. The number of hydrogen-bond acceptors (Lipinski definition) is 4. The Bertz CT molecular complexity index is 1000. The average Bonchev–Trinajstić information content (AvgIpc) is 2.66. The van der Waals surface area contributed by atoms with Gasteiger partial charge in [-0.05, 0) is 19.1 Å². The molecule has 144 valence electrons. The van der Waals surface area contributed by atoms with Crippen LogP contribution in [0.25, 0.3) is 10.9 Å². The minimum absolute atomic E-state index is 0.941. The van der Waals surface area contributed by atoms with Crippen molar-refractivity contribution in [2.24, 2.45) is 4.99 Å². The molecule has 2 aromatic carbocycles. The number of fused-ring (bicyclic) bond motifs is 1. The zero-order valence-corrected chi connectivity index (χ0v) is 15.8. The van der Waals surface area contributed by atoms with Gasteiger partial charge in [0, 0.05) is 30.7 Å². The molecule has 0 bridgehead atoms. The van der Waals surface area contributed by atoms with Gasteiger partial charge in [-0.3, -0.25) is 4.98 Å². The van der Waals surface area contributed by atoms with Crippen LogP contribution in [0.2, 0.25) is 0 Å². The van der Waals surface area contributed by atoms with Crippen molar-refractivity contribution in [1.82, 2.24) is 9.88 Å². The Kier molecular flexibility index (Phi) is 6.81. The first-order chi connectivity index (χ1) is 13.3. The predicted molar refractivity (Wildman–Crippen MR) is 108 cm³/mol. The number of aryl methyl sites for hydroxylation is 1. The van der Waals surface area contributed by atoms with Crippen LogP contribution in [-0.2, 0) is 9.59 Å². The number of aromatic nitrogens is 1. The molecule has 7 heteroatoms. The highest BCUT2D eigenvalue weighted by atomic mass is 16.4. The molecule has 0 saturated heterocycles. The second kappa shape index (κ2) is 9.27. The van der Waals surface area contributed by atoms with Crippen LogP contribution in [-0.4, -0.2) is 52.0 Å². The largest absolute Gasteiger partial charge is 0.473 e. The second-order valence-corrected chi connectivity index (χ2v) is 6.11. The van der Waals surface area contributed by atoms with E-state index < -0.39 is 11.9 Å². The van der Waals surface area contributed by atoms with E-state index in [9.17, 15) is 0 Å². The molecule has 0 fully saturated rings. The molecule has 3 rings (SSSR count). The van der Waals surface area contributed by atoms with E-state index in [0.29, 0.717) is 0 Å². The van der Waals surface area contributed by atoms with E-state index in [1.54, 1.807) is 0 Å². The van der Waals surface area contributed by atoms with Crippen LogP contribution < -0.4 is 0 Å². The van der Waals surface area contributed by atoms with E-state index in [4.69, 9.17) is 24.8 Å². The Morgan fingerprint density at radius 1 is 0.929 bits per heavy atom. The SMILES string of the molecule is Cc1cc(N=C(c2ccccc2)N(C)C)c2ccccc2n1.O=C(O)C(=O)O. The second-order valence-electron chi connectivity index (χ2n) is 6.11. The molecule has 1 aromatic heterocycles. The Balaban J connectivity index is 0.000000409. The molecule has 0 spiro atoms. The highest BCUT2D eigenvalue weighted by molar-refractivity contribution is 6.27. The van der Waals surface area contributed by atoms with Crippen LogP contribution in [0.5, 0.6) is 0 Å². The fraction of sp³-hybridized carbons (Fsp3) is 0.143. The number of benzene rings is 2. The molecule has 0 amide bonds. The first kappa shape index (κ1) is 20.6. The van der Waals surface area contributed by atoms with Gasteiger partial charge in [-0.15, -0.1) is 0 Å². The monoisotopic (exact) mass is 379 g/mol. The van der Waals surface area contributed by atoms with Gasteiger partial charge in [-0.25, -0.2) is 14.6 Å². The van der Waals surface area contributed by atoms with Crippen LogP contribution in [0.15, 0.2) is 65.7 Å². The lowest BCUT2D eigenvalue weighted by Gasteiger charge is -2.16. The summed E-state index contributed by atoms with van der Waals surface area (Å²) in [6, 6.07) is 20.4. The number of hydrogen-bond donors (Lipinski definition) is 2. The fourth-order valence-electron chi connectivity index (χ4n) is 2.50. The maximum absolute atomic E-state index is 9.10. The van der Waals surface area contributed by atoms with Crippen molar-refractivity contribution < 1.29 is 19.8 Å². The van der Waals surface area contributed by atoms with Crippen LogP contribution in [0.4, 0.5) is 5.69 Å². The summed E-state index contributed by atoms with van der Waals surface area (Å²) >= 11 is 0. The molecule has 7 nitrogen and oxygen atoms in total. The lowest BCUT2D eigenvalue weighted by molar-refractivity contribution is -0.159. The predicted octanol–water partition coefficient (Wildman–Crippen LogP) is 3.34. The summed E-state index contributed by atoms with van der Waals surface area (Å²) in [5, 5.41) is 15.9. The highest BCUT2D eigenvalue weighted by Gasteiger charge is 2.08. The normalized spacial score (nSPS) is 10.8. The minimum atomic E-state index is -1.82. The van der Waals surface area contributed by atoms with Crippen molar-refractivity contribution in [3.63, 3.8) is 0 Å². The molecule has 28 heavy (non-hydrogen) atoms. The molecule has 3 aromatic rings. The molecule has 0 aliphatic carbocycles. The third-order valence-electron chi connectivity index (χ3n) is 3.69. The fourth-order valence-corrected chi connectivity index (χ4v) is 2.50. The van der Waals surface area contributed by atoms with Crippen LogP contribution >= 0.6 is 0 Å². The summed E-state index contributed by atoms with van der Waals surface area (Å²) in [5.74, 6) is -2.71. The summed E-state index contributed by atoms with van der Waals surface area (Å²) in [4.78, 5) is 29.7. The summed E-state index contributed by atoms with van der Waals surface area (Å²) in [7, 11) is 4.03. The average molecular weight is 379 g/mol. The van der Waals surface area contributed by atoms with Crippen molar-refractivity contribution in [2.45, 2.75) is 6.92 Å². The topological polar surface area (TPSA) is 103 Å². The Morgan fingerprint density at radius 3 is 2.07 bits per heavy atom. The molecule has 2 N–H and O–H groups in total. The highest BCUT2D eigenvalue weighted by Crippen LogP contribution is 2.26. The van der Waals surface area contributed by atoms with Gasteiger partial charge in [0.25, 0.3) is 0 Å². The summed E-state index contributed by atoms with van der Waals surface area (Å²) in [6.45, 7) is 2.00. The maximum Gasteiger partial charge on any atom is 0.414 e. The minimum Gasteiger partial charge on any atom is -0.473 e. The van der Waals surface area contributed by atoms with E-state index in [0.717, 1.165) is 33.7 Å². The van der Waals surface area contributed by atoms with Crippen molar-refractivity contribution >= 4 is 34.4 Å². The maximum atomic E-state index is 9.10. The van der Waals surface area contributed by atoms with Gasteiger partial charge in [0.15, 0.2) is 0 Å². The van der Waals surface area contributed by atoms with Gasteiger partial charge in [-0.1, -0.05) is 48.5 Å². The number of carboxylic acid groups (broad SMARTS) is 2. The van der Waals surface area contributed by atoms with Crippen molar-refractivity contribution in [3.8, 4) is 0 Å². The number of para-hydroxylation sites is 1. The quantitative estimate of drug-likeness (QED) is 0.402.